The Balaban J connectivity index is 1.88. The van der Waals surface area contributed by atoms with Crippen LogP contribution >= 0.6 is 0 Å². The summed E-state index contributed by atoms with van der Waals surface area (Å²) in [5, 5.41) is 5.36. The Morgan fingerprint density at radius 1 is 1.04 bits per heavy atom. The normalized spacial score (nSPS) is 10.1. The van der Waals surface area contributed by atoms with E-state index in [-0.39, 0.29) is 5.91 Å². The summed E-state index contributed by atoms with van der Waals surface area (Å²) in [6.07, 6.45) is 1.71. The van der Waals surface area contributed by atoms with E-state index in [2.05, 4.69) is 10.6 Å². The average molecular weight is 341 g/mol. The van der Waals surface area contributed by atoms with Gasteiger partial charge >= 0.3 is 6.03 Å². The van der Waals surface area contributed by atoms with Crippen molar-refractivity contribution in [1.29, 1.82) is 0 Å². The van der Waals surface area contributed by atoms with Crippen molar-refractivity contribution < 1.29 is 14.3 Å². The van der Waals surface area contributed by atoms with E-state index in [0.717, 1.165) is 5.56 Å². The lowest BCUT2D eigenvalue weighted by Gasteiger charge is -2.12. The van der Waals surface area contributed by atoms with E-state index in [1.807, 2.05) is 49.4 Å². The fraction of sp³-hybridized carbons (Fsp3) is 0.263. The lowest BCUT2D eigenvalue weighted by Crippen LogP contribution is -2.30. The van der Waals surface area contributed by atoms with Gasteiger partial charge in [0.2, 0.25) is 5.91 Å². The Morgan fingerprint density at radius 2 is 1.76 bits per heavy atom. The number of unbranched alkanes of at least 4 members (excludes halogenated alkanes) is 1. The number of amides is 3. The van der Waals surface area contributed by atoms with Gasteiger partial charge in [0.1, 0.15) is 5.75 Å². The van der Waals surface area contributed by atoms with Crippen LogP contribution in [0.2, 0.25) is 0 Å². The molecule has 3 amide bonds. The Hall–Kier alpha value is -3.02. The quantitative estimate of drug-likeness (QED) is 0.641. The second-order valence-corrected chi connectivity index (χ2v) is 5.71. The summed E-state index contributed by atoms with van der Waals surface area (Å²) in [4.78, 5) is 22.6. The highest BCUT2D eigenvalue weighted by atomic mass is 16.5. The van der Waals surface area contributed by atoms with Crippen LogP contribution in [-0.2, 0) is 4.79 Å². The molecule has 0 unspecified atom stereocenters. The van der Waals surface area contributed by atoms with Crippen molar-refractivity contribution in [3.63, 3.8) is 0 Å². The minimum atomic E-state index is -0.549. The number of anilines is 1. The molecule has 2 rings (SSSR count). The molecule has 0 saturated carbocycles. The number of carbonyl (C=O) groups is 2. The van der Waals surface area contributed by atoms with Crippen molar-refractivity contribution in [2.45, 2.75) is 26.2 Å². The van der Waals surface area contributed by atoms with Crippen LogP contribution in [0.1, 0.15) is 24.8 Å². The second kappa shape index (κ2) is 9.32. The molecule has 25 heavy (non-hydrogen) atoms. The Labute approximate surface area is 147 Å². The van der Waals surface area contributed by atoms with Gasteiger partial charge < -0.3 is 21.1 Å². The second-order valence-electron chi connectivity index (χ2n) is 5.71. The van der Waals surface area contributed by atoms with Crippen molar-refractivity contribution in [2.75, 3.05) is 11.9 Å². The van der Waals surface area contributed by atoms with Gasteiger partial charge in [-0.2, -0.15) is 0 Å². The SMILES string of the molecule is Cc1ccc(Oc2ccccc2NC(=O)CCCCNC(N)=O)cc1. The molecule has 0 aliphatic rings. The number of hydrogen-bond acceptors (Lipinski definition) is 3. The van der Waals surface area contributed by atoms with Gasteiger partial charge in [-0.15, -0.1) is 0 Å². The van der Waals surface area contributed by atoms with Crippen LogP contribution in [-0.4, -0.2) is 18.5 Å². The van der Waals surface area contributed by atoms with Crippen LogP contribution in [0.4, 0.5) is 10.5 Å². The summed E-state index contributed by atoms with van der Waals surface area (Å²) in [6.45, 7) is 2.48. The van der Waals surface area contributed by atoms with Gasteiger partial charge in [0, 0.05) is 13.0 Å². The maximum absolute atomic E-state index is 12.1. The zero-order valence-corrected chi connectivity index (χ0v) is 14.2. The predicted octanol–water partition coefficient (Wildman–Crippen LogP) is 3.56. The molecule has 0 aliphatic carbocycles. The van der Waals surface area contributed by atoms with E-state index in [0.29, 0.717) is 43.0 Å². The van der Waals surface area contributed by atoms with Crippen LogP contribution in [0.5, 0.6) is 11.5 Å². The number of para-hydroxylation sites is 2. The number of rotatable bonds is 8. The minimum Gasteiger partial charge on any atom is -0.455 e. The summed E-state index contributed by atoms with van der Waals surface area (Å²) < 4.78 is 5.86. The molecule has 0 spiro atoms. The monoisotopic (exact) mass is 341 g/mol. The van der Waals surface area contributed by atoms with Crippen molar-refractivity contribution in [3.05, 3.63) is 54.1 Å². The van der Waals surface area contributed by atoms with E-state index >= 15 is 0 Å². The summed E-state index contributed by atoms with van der Waals surface area (Å²) in [6, 6.07) is 14.5. The number of primary amides is 1. The van der Waals surface area contributed by atoms with Gasteiger partial charge in [0.25, 0.3) is 0 Å². The van der Waals surface area contributed by atoms with Crippen molar-refractivity contribution in [2.24, 2.45) is 5.73 Å². The third-order valence-corrected chi connectivity index (χ3v) is 3.54. The van der Waals surface area contributed by atoms with Crippen molar-refractivity contribution in [1.82, 2.24) is 5.32 Å². The van der Waals surface area contributed by atoms with E-state index in [1.165, 1.54) is 0 Å². The minimum absolute atomic E-state index is 0.0981. The standard InChI is InChI=1S/C19H23N3O3/c1-14-9-11-15(12-10-14)25-17-7-3-2-6-16(17)22-18(23)8-4-5-13-21-19(20)24/h2-3,6-7,9-12H,4-5,8,13H2,1H3,(H,22,23)(H3,20,21,24). The van der Waals surface area contributed by atoms with Crippen molar-refractivity contribution in [3.8, 4) is 11.5 Å². The number of aryl methyl sites for hydroxylation is 1. The molecular formula is C19H23N3O3. The molecule has 0 aromatic heterocycles. The third kappa shape index (κ3) is 6.55. The zero-order valence-electron chi connectivity index (χ0n) is 14.2. The van der Waals surface area contributed by atoms with Gasteiger partial charge in [0.05, 0.1) is 5.69 Å². The largest absolute Gasteiger partial charge is 0.455 e. The van der Waals surface area contributed by atoms with E-state index < -0.39 is 6.03 Å². The van der Waals surface area contributed by atoms with Gasteiger partial charge in [-0.3, -0.25) is 4.79 Å². The van der Waals surface area contributed by atoms with Gasteiger partial charge in [-0.05, 0) is 44.0 Å². The summed E-state index contributed by atoms with van der Waals surface area (Å²) >= 11 is 0. The molecule has 4 N–H and O–H groups in total. The Bertz CT molecular complexity index is 714. The summed E-state index contributed by atoms with van der Waals surface area (Å²) in [5.41, 5.74) is 6.76. The molecule has 0 atom stereocenters. The predicted molar refractivity (Wildman–Crippen MR) is 97.8 cm³/mol. The molecule has 0 fully saturated rings. The van der Waals surface area contributed by atoms with Gasteiger partial charge in [-0.1, -0.05) is 29.8 Å². The van der Waals surface area contributed by atoms with Crippen LogP contribution < -0.4 is 21.1 Å². The molecule has 0 heterocycles. The van der Waals surface area contributed by atoms with Crippen LogP contribution in [0.25, 0.3) is 0 Å². The van der Waals surface area contributed by atoms with Crippen LogP contribution in [0.3, 0.4) is 0 Å². The molecule has 0 radical (unpaired) electrons. The molecule has 0 bridgehead atoms. The van der Waals surface area contributed by atoms with Crippen LogP contribution in [0, 0.1) is 6.92 Å². The third-order valence-electron chi connectivity index (χ3n) is 3.54. The molecular weight excluding hydrogens is 318 g/mol. The zero-order chi connectivity index (χ0) is 18.1. The van der Waals surface area contributed by atoms with Gasteiger partial charge in [0.15, 0.2) is 5.75 Å². The highest BCUT2D eigenvalue weighted by Crippen LogP contribution is 2.29. The molecule has 2 aromatic rings. The van der Waals surface area contributed by atoms with E-state index in [9.17, 15) is 9.59 Å². The van der Waals surface area contributed by atoms with Crippen LogP contribution in [0.15, 0.2) is 48.5 Å². The molecule has 0 saturated heterocycles. The molecule has 132 valence electrons. The fourth-order valence-electron chi connectivity index (χ4n) is 2.23. The fourth-order valence-corrected chi connectivity index (χ4v) is 2.23. The Morgan fingerprint density at radius 3 is 2.48 bits per heavy atom. The number of hydrogen-bond donors (Lipinski definition) is 3. The molecule has 6 heteroatoms. The summed E-state index contributed by atoms with van der Waals surface area (Å²) in [5.74, 6) is 1.21. The average Bonchev–Trinajstić information content (AvgIpc) is 2.58. The number of carbonyl (C=O) groups excluding carboxylic acids is 2. The van der Waals surface area contributed by atoms with E-state index in [4.69, 9.17) is 10.5 Å². The maximum Gasteiger partial charge on any atom is 0.312 e. The highest BCUT2D eigenvalue weighted by molar-refractivity contribution is 5.92. The number of urea groups is 1. The first-order valence-electron chi connectivity index (χ1n) is 8.21. The maximum atomic E-state index is 12.1. The number of benzene rings is 2. The first-order valence-corrected chi connectivity index (χ1v) is 8.21. The lowest BCUT2D eigenvalue weighted by atomic mass is 10.2. The summed E-state index contributed by atoms with van der Waals surface area (Å²) in [7, 11) is 0. The smallest absolute Gasteiger partial charge is 0.312 e. The topological polar surface area (TPSA) is 93.4 Å². The van der Waals surface area contributed by atoms with E-state index in [1.54, 1.807) is 6.07 Å². The Kier molecular flexibility index (Phi) is 6.83. The first kappa shape index (κ1) is 18.3. The van der Waals surface area contributed by atoms with Gasteiger partial charge in [-0.25, -0.2) is 4.79 Å². The molecule has 2 aromatic carbocycles. The first-order chi connectivity index (χ1) is 12.0. The lowest BCUT2D eigenvalue weighted by molar-refractivity contribution is -0.116. The number of nitrogens with one attached hydrogen (secondary N) is 2. The number of ether oxygens (including phenoxy) is 1. The highest BCUT2D eigenvalue weighted by Gasteiger charge is 2.08. The van der Waals surface area contributed by atoms with Crippen molar-refractivity contribution >= 4 is 17.6 Å². The molecule has 0 aliphatic heterocycles. The molecule has 6 nitrogen and oxygen atoms in total. The number of nitrogens with two attached hydrogens (primary N) is 1.